The second-order valence-corrected chi connectivity index (χ2v) is 4.78. The van der Waals surface area contributed by atoms with Gasteiger partial charge in [-0.1, -0.05) is 20.8 Å². The third-order valence-corrected chi connectivity index (χ3v) is 2.99. The molecule has 0 bridgehead atoms. The molecule has 0 aliphatic carbocycles. The molecule has 1 N–H and O–H groups in total. The predicted molar refractivity (Wildman–Crippen MR) is 79.2 cm³/mol. The summed E-state index contributed by atoms with van der Waals surface area (Å²) >= 11 is 0. The summed E-state index contributed by atoms with van der Waals surface area (Å²) in [7, 11) is 2.12. The molecule has 1 aromatic heterocycles. The molecule has 1 heterocycles. The largest absolute Gasteiger partial charge is 0.360 e. The maximum Gasteiger partial charge on any atom is 0.128 e. The van der Waals surface area contributed by atoms with Crippen molar-refractivity contribution in [3.63, 3.8) is 0 Å². The van der Waals surface area contributed by atoms with Gasteiger partial charge < -0.3 is 10.2 Å². The van der Waals surface area contributed by atoms with Crippen LogP contribution in [0.4, 0.5) is 5.82 Å². The van der Waals surface area contributed by atoms with Gasteiger partial charge in [-0.25, -0.2) is 4.98 Å². The van der Waals surface area contributed by atoms with E-state index in [0.29, 0.717) is 0 Å². The van der Waals surface area contributed by atoms with Crippen LogP contribution in [0.3, 0.4) is 0 Å². The van der Waals surface area contributed by atoms with Gasteiger partial charge in [0.15, 0.2) is 0 Å². The van der Waals surface area contributed by atoms with Gasteiger partial charge in [0.2, 0.25) is 0 Å². The Labute approximate surface area is 112 Å². The number of anilines is 1. The summed E-state index contributed by atoms with van der Waals surface area (Å²) in [5, 5.41) is 3.45. The first-order valence-corrected chi connectivity index (χ1v) is 7.12. The summed E-state index contributed by atoms with van der Waals surface area (Å²) < 4.78 is 0. The maximum atomic E-state index is 4.70. The number of nitrogens with one attached hydrogen (secondary N) is 1. The first-order valence-electron chi connectivity index (χ1n) is 7.12. The van der Waals surface area contributed by atoms with E-state index >= 15 is 0 Å². The van der Waals surface area contributed by atoms with E-state index in [4.69, 9.17) is 4.98 Å². The fraction of sp³-hybridized carbons (Fsp3) is 0.667. The van der Waals surface area contributed by atoms with Crippen LogP contribution in [-0.2, 0) is 13.0 Å². The summed E-state index contributed by atoms with van der Waals surface area (Å²) in [4.78, 5) is 6.94. The van der Waals surface area contributed by atoms with Gasteiger partial charge in [0.05, 0.1) is 0 Å². The molecule has 0 fully saturated rings. The van der Waals surface area contributed by atoms with Gasteiger partial charge in [0.25, 0.3) is 0 Å². The molecule has 0 atom stereocenters. The zero-order valence-electron chi connectivity index (χ0n) is 12.3. The van der Waals surface area contributed by atoms with Gasteiger partial charge in [0, 0.05) is 25.8 Å². The number of aryl methyl sites for hydroxylation is 1. The molecule has 0 aliphatic rings. The third-order valence-electron chi connectivity index (χ3n) is 2.99. The second kappa shape index (κ2) is 8.09. The van der Waals surface area contributed by atoms with Crippen molar-refractivity contribution >= 4 is 5.82 Å². The molecule has 102 valence electrons. The first kappa shape index (κ1) is 15.0. The lowest BCUT2D eigenvalue weighted by Crippen LogP contribution is -2.20. The maximum absolute atomic E-state index is 4.70. The number of pyridine rings is 1. The Hall–Kier alpha value is -1.09. The van der Waals surface area contributed by atoms with Gasteiger partial charge in [-0.2, -0.15) is 0 Å². The van der Waals surface area contributed by atoms with Crippen molar-refractivity contribution in [1.82, 2.24) is 10.3 Å². The normalized spacial score (nSPS) is 10.7. The predicted octanol–water partition coefficient (Wildman–Crippen LogP) is 2.99. The minimum atomic E-state index is 0.941. The van der Waals surface area contributed by atoms with Crippen LogP contribution in [0.2, 0.25) is 0 Å². The molecule has 1 aromatic rings. The van der Waals surface area contributed by atoms with Crippen molar-refractivity contribution in [2.45, 2.75) is 46.6 Å². The van der Waals surface area contributed by atoms with Crippen molar-refractivity contribution in [2.24, 2.45) is 0 Å². The van der Waals surface area contributed by atoms with Crippen LogP contribution in [0, 0.1) is 0 Å². The Kier molecular flexibility index (Phi) is 6.73. The van der Waals surface area contributed by atoms with E-state index in [2.05, 4.69) is 50.2 Å². The lowest BCUT2D eigenvalue weighted by molar-refractivity contribution is 0.673. The number of rotatable bonds is 8. The van der Waals surface area contributed by atoms with Crippen molar-refractivity contribution in [3.05, 3.63) is 23.4 Å². The molecular weight excluding hydrogens is 222 g/mol. The van der Waals surface area contributed by atoms with Crippen molar-refractivity contribution < 1.29 is 0 Å². The average molecular weight is 249 g/mol. The number of hydrogen-bond acceptors (Lipinski definition) is 3. The first-order chi connectivity index (χ1) is 8.71. The molecule has 3 nitrogen and oxygen atoms in total. The molecule has 1 rings (SSSR count). The highest BCUT2D eigenvalue weighted by molar-refractivity contribution is 5.42. The van der Waals surface area contributed by atoms with Crippen molar-refractivity contribution in [3.8, 4) is 0 Å². The highest BCUT2D eigenvalue weighted by atomic mass is 15.2. The van der Waals surface area contributed by atoms with Crippen LogP contribution in [0.15, 0.2) is 12.1 Å². The summed E-state index contributed by atoms with van der Waals surface area (Å²) in [5.74, 6) is 1.10. The summed E-state index contributed by atoms with van der Waals surface area (Å²) in [5.41, 5.74) is 2.53. The summed E-state index contributed by atoms with van der Waals surface area (Å²) in [6.45, 7) is 9.62. The Morgan fingerprint density at radius 1 is 1.17 bits per heavy atom. The summed E-state index contributed by atoms with van der Waals surface area (Å²) in [6, 6.07) is 4.42. The number of aromatic nitrogens is 1. The Bertz CT molecular complexity index is 350. The van der Waals surface area contributed by atoms with Crippen molar-refractivity contribution in [1.29, 1.82) is 0 Å². The van der Waals surface area contributed by atoms with Gasteiger partial charge in [-0.3, -0.25) is 0 Å². The van der Waals surface area contributed by atoms with E-state index < -0.39 is 0 Å². The fourth-order valence-electron chi connectivity index (χ4n) is 1.97. The quantitative estimate of drug-likeness (QED) is 0.718. The average Bonchev–Trinajstić information content (AvgIpc) is 2.39. The van der Waals surface area contributed by atoms with Crippen molar-refractivity contribution in [2.75, 3.05) is 25.0 Å². The zero-order chi connectivity index (χ0) is 13.4. The van der Waals surface area contributed by atoms with Gasteiger partial charge in [-0.15, -0.1) is 0 Å². The molecule has 0 saturated heterocycles. The van der Waals surface area contributed by atoms with E-state index in [-0.39, 0.29) is 0 Å². The highest BCUT2D eigenvalue weighted by Gasteiger charge is 2.05. The molecule has 0 aliphatic heterocycles. The molecule has 0 amide bonds. The van der Waals surface area contributed by atoms with Crippen LogP contribution in [-0.4, -0.2) is 25.1 Å². The molecule has 0 radical (unpaired) electrons. The van der Waals surface area contributed by atoms with E-state index in [1.165, 1.54) is 17.7 Å². The fourth-order valence-corrected chi connectivity index (χ4v) is 1.97. The third kappa shape index (κ3) is 4.65. The summed E-state index contributed by atoms with van der Waals surface area (Å²) in [6.07, 6.45) is 3.32. The van der Waals surface area contributed by atoms with Gasteiger partial charge >= 0.3 is 0 Å². The van der Waals surface area contributed by atoms with E-state index in [1.54, 1.807) is 0 Å². The van der Waals surface area contributed by atoms with Crippen LogP contribution in [0.25, 0.3) is 0 Å². The molecule has 0 unspecified atom stereocenters. The molecule has 18 heavy (non-hydrogen) atoms. The number of nitrogens with zero attached hydrogens (tertiary/aromatic N) is 2. The second-order valence-electron chi connectivity index (χ2n) is 4.78. The zero-order valence-corrected chi connectivity index (χ0v) is 12.3. The highest BCUT2D eigenvalue weighted by Crippen LogP contribution is 2.15. The topological polar surface area (TPSA) is 28.2 Å². The lowest BCUT2D eigenvalue weighted by atomic mass is 10.2. The van der Waals surface area contributed by atoms with Crippen LogP contribution < -0.4 is 10.2 Å². The van der Waals surface area contributed by atoms with Crippen LogP contribution >= 0.6 is 0 Å². The minimum absolute atomic E-state index is 0.941. The Morgan fingerprint density at radius 2 is 1.94 bits per heavy atom. The Balaban J connectivity index is 2.80. The van der Waals surface area contributed by atoms with E-state index in [9.17, 15) is 0 Å². The smallest absolute Gasteiger partial charge is 0.128 e. The monoisotopic (exact) mass is 249 g/mol. The molecule has 3 heteroatoms. The van der Waals surface area contributed by atoms with Crippen LogP contribution in [0.1, 0.15) is 44.9 Å². The molecule has 0 spiro atoms. The van der Waals surface area contributed by atoms with Gasteiger partial charge in [0.1, 0.15) is 5.82 Å². The van der Waals surface area contributed by atoms with Gasteiger partial charge in [-0.05, 0) is 43.5 Å². The minimum Gasteiger partial charge on any atom is -0.360 e. The standard InChI is InChI=1S/C15H27N3/c1-5-8-16-12-13-10-14(7-3)17-15(11-13)18(4)9-6-2/h10-11,16H,5-9,12H2,1-4H3. The Morgan fingerprint density at radius 3 is 2.56 bits per heavy atom. The molecule has 0 saturated carbocycles. The molecule has 0 aromatic carbocycles. The molecular formula is C15H27N3. The number of hydrogen-bond donors (Lipinski definition) is 1. The lowest BCUT2D eigenvalue weighted by Gasteiger charge is -2.19. The van der Waals surface area contributed by atoms with E-state index in [1.807, 2.05) is 0 Å². The van der Waals surface area contributed by atoms with Crippen LogP contribution in [0.5, 0.6) is 0 Å². The SMILES string of the molecule is CCCNCc1cc(CC)nc(N(C)CCC)c1. The van der Waals surface area contributed by atoms with E-state index in [0.717, 1.165) is 38.3 Å².